The molecule has 24 heavy (non-hydrogen) atoms. The summed E-state index contributed by atoms with van der Waals surface area (Å²) in [4.78, 5) is 25.5. The van der Waals surface area contributed by atoms with Gasteiger partial charge in [-0.15, -0.1) is 0 Å². The first-order valence-electron chi connectivity index (χ1n) is 8.56. The summed E-state index contributed by atoms with van der Waals surface area (Å²) < 4.78 is 10.9. The van der Waals surface area contributed by atoms with Gasteiger partial charge in [0.1, 0.15) is 11.2 Å². The third kappa shape index (κ3) is 3.00. The Bertz CT molecular complexity index is 626. The molecule has 0 saturated heterocycles. The number of ketones is 1. The smallest absolute Gasteiger partial charge is 0.320 e. The van der Waals surface area contributed by atoms with Crippen LogP contribution in [-0.2, 0) is 19.1 Å². The van der Waals surface area contributed by atoms with E-state index in [0.29, 0.717) is 12.8 Å². The fraction of sp³-hybridized carbons (Fsp3) is 0.600. The van der Waals surface area contributed by atoms with E-state index >= 15 is 0 Å². The predicted octanol–water partition coefficient (Wildman–Crippen LogP) is 3.64. The van der Waals surface area contributed by atoms with Crippen molar-refractivity contribution in [2.24, 2.45) is 5.41 Å². The van der Waals surface area contributed by atoms with E-state index in [9.17, 15) is 9.59 Å². The van der Waals surface area contributed by atoms with Gasteiger partial charge in [-0.25, -0.2) is 0 Å². The predicted molar refractivity (Wildman–Crippen MR) is 93.2 cm³/mol. The number of methoxy groups -OCH3 is 1. The van der Waals surface area contributed by atoms with Gasteiger partial charge in [0.2, 0.25) is 0 Å². The molecule has 0 aliphatic heterocycles. The summed E-state index contributed by atoms with van der Waals surface area (Å²) in [7, 11) is 1.64. The topological polar surface area (TPSA) is 52.6 Å². The number of hydrogen-bond acceptors (Lipinski definition) is 4. The van der Waals surface area contributed by atoms with Crippen LogP contribution in [0.5, 0.6) is 0 Å². The van der Waals surface area contributed by atoms with E-state index in [1.165, 1.54) is 12.5 Å². The zero-order valence-corrected chi connectivity index (χ0v) is 15.6. The monoisotopic (exact) mass is 332 g/mol. The van der Waals surface area contributed by atoms with Crippen molar-refractivity contribution < 1.29 is 19.1 Å². The Morgan fingerprint density at radius 3 is 2.25 bits per heavy atom. The largest absolute Gasteiger partial charge is 0.465 e. The van der Waals surface area contributed by atoms with Crippen molar-refractivity contribution in [2.75, 3.05) is 13.7 Å². The number of ether oxygens (including phenoxy) is 2. The molecule has 4 heteroatoms. The highest BCUT2D eigenvalue weighted by Gasteiger charge is 2.58. The van der Waals surface area contributed by atoms with E-state index < -0.39 is 11.4 Å². The minimum absolute atomic E-state index is 0.122. The number of hydrogen-bond donors (Lipinski definition) is 0. The van der Waals surface area contributed by atoms with Crippen molar-refractivity contribution in [2.45, 2.75) is 59.5 Å². The van der Waals surface area contributed by atoms with Gasteiger partial charge in [0.05, 0.1) is 12.7 Å². The van der Waals surface area contributed by atoms with Crippen molar-refractivity contribution in [3.63, 3.8) is 0 Å². The molecule has 0 heterocycles. The minimum atomic E-state index is -1.15. The SMILES string of the molecule is CCOC(=O)C1(C(C)=O)CC(OC)CC1c1c(C)cc(C)cc1C. The first-order valence-corrected chi connectivity index (χ1v) is 8.56. The lowest BCUT2D eigenvalue weighted by Crippen LogP contribution is -2.42. The molecular weight excluding hydrogens is 304 g/mol. The van der Waals surface area contributed by atoms with Gasteiger partial charge in [-0.1, -0.05) is 17.7 Å². The number of benzene rings is 1. The second kappa shape index (κ2) is 7.06. The summed E-state index contributed by atoms with van der Waals surface area (Å²) in [6.07, 6.45) is 0.915. The summed E-state index contributed by atoms with van der Waals surface area (Å²) in [5, 5.41) is 0. The van der Waals surface area contributed by atoms with Crippen molar-refractivity contribution >= 4 is 11.8 Å². The molecule has 1 fully saturated rings. The molecule has 0 radical (unpaired) electrons. The van der Waals surface area contributed by atoms with Crippen LogP contribution in [0, 0.1) is 26.2 Å². The molecular formula is C20H28O4. The molecule has 1 aromatic rings. The highest BCUT2D eigenvalue weighted by molar-refractivity contribution is 6.04. The van der Waals surface area contributed by atoms with E-state index in [4.69, 9.17) is 9.47 Å². The van der Waals surface area contributed by atoms with Crippen LogP contribution in [0.2, 0.25) is 0 Å². The maximum Gasteiger partial charge on any atom is 0.320 e. The van der Waals surface area contributed by atoms with Crippen LogP contribution in [0.15, 0.2) is 12.1 Å². The molecule has 0 amide bonds. The Morgan fingerprint density at radius 1 is 1.21 bits per heavy atom. The number of carbonyl (C=O) groups is 2. The fourth-order valence-electron chi connectivity index (χ4n) is 4.35. The van der Waals surface area contributed by atoms with Crippen LogP contribution in [-0.4, -0.2) is 31.6 Å². The number of carbonyl (C=O) groups excluding carboxylic acids is 2. The molecule has 0 N–H and O–H groups in total. The van der Waals surface area contributed by atoms with Gasteiger partial charge >= 0.3 is 5.97 Å². The van der Waals surface area contributed by atoms with E-state index in [1.807, 2.05) is 13.8 Å². The summed E-state index contributed by atoms with van der Waals surface area (Å²) in [6, 6.07) is 4.22. The lowest BCUT2D eigenvalue weighted by molar-refractivity contribution is -0.160. The number of rotatable bonds is 5. The highest BCUT2D eigenvalue weighted by atomic mass is 16.5. The molecule has 0 bridgehead atoms. The molecule has 4 nitrogen and oxygen atoms in total. The maximum absolute atomic E-state index is 12.8. The third-order valence-electron chi connectivity index (χ3n) is 5.33. The first-order chi connectivity index (χ1) is 11.3. The third-order valence-corrected chi connectivity index (χ3v) is 5.33. The quantitative estimate of drug-likeness (QED) is 0.610. The van der Waals surface area contributed by atoms with Crippen molar-refractivity contribution in [1.29, 1.82) is 0 Å². The fourth-order valence-corrected chi connectivity index (χ4v) is 4.35. The van der Waals surface area contributed by atoms with Gasteiger partial charge in [-0.3, -0.25) is 9.59 Å². The Morgan fingerprint density at radius 2 is 1.79 bits per heavy atom. The van der Waals surface area contributed by atoms with Crippen LogP contribution in [0.3, 0.4) is 0 Å². The molecule has 3 unspecified atom stereocenters. The molecule has 2 rings (SSSR count). The second-order valence-corrected chi connectivity index (χ2v) is 6.91. The zero-order chi connectivity index (χ0) is 18.1. The van der Waals surface area contributed by atoms with Crippen LogP contribution < -0.4 is 0 Å². The first kappa shape index (κ1) is 18.7. The minimum Gasteiger partial charge on any atom is -0.465 e. The standard InChI is InChI=1S/C20H28O4/c1-7-24-19(22)20(15(5)21)11-16(23-6)10-17(20)18-13(3)8-12(2)9-14(18)4/h8-9,16-17H,7,10-11H2,1-6H3. The van der Waals surface area contributed by atoms with Crippen LogP contribution in [0.4, 0.5) is 0 Å². The zero-order valence-electron chi connectivity index (χ0n) is 15.6. The molecule has 1 aliphatic carbocycles. The lowest BCUT2D eigenvalue weighted by atomic mass is 9.69. The Balaban J connectivity index is 2.64. The Kier molecular flexibility index (Phi) is 5.49. The molecule has 1 saturated carbocycles. The van der Waals surface area contributed by atoms with Gasteiger partial charge in [0, 0.05) is 13.0 Å². The van der Waals surface area contributed by atoms with Gasteiger partial charge in [-0.2, -0.15) is 0 Å². The van der Waals surface area contributed by atoms with Crippen molar-refractivity contribution in [3.05, 3.63) is 34.4 Å². The van der Waals surface area contributed by atoms with E-state index in [1.54, 1.807) is 14.0 Å². The number of esters is 1. The van der Waals surface area contributed by atoms with E-state index in [0.717, 1.165) is 16.7 Å². The molecule has 0 aromatic heterocycles. The average Bonchev–Trinajstić information content (AvgIpc) is 2.87. The van der Waals surface area contributed by atoms with Crippen LogP contribution in [0.1, 0.15) is 54.9 Å². The van der Waals surface area contributed by atoms with Crippen molar-refractivity contribution in [1.82, 2.24) is 0 Å². The summed E-state index contributed by atoms with van der Waals surface area (Å²) in [5.74, 6) is -0.758. The molecule has 0 spiro atoms. The van der Waals surface area contributed by atoms with Gasteiger partial charge < -0.3 is 9.47 Å². The summed E-state index contributed by atoms with van der Waals surface area (Å²) in [6.45, 7) is 9.69. The van der Waals surface area contributed by atoms with Crippen LogP contribution >= 0.6 is 0 Å². The van der Waals surface area contributed by atoms with E-state index in [-0.39, 0.29) is 24.4 Å². The average molecular weight is 332 g/mol. The van der Waals surface area contributed by atoms with Gasteiger partial charge in [0.15, 0.2) is 0 Å². The van der Waals surface area contributed by atoms with E-state index in [2.05, 4.69) is 19.1 Å². The summed E-state index contributed by atoms with van der Waals surface area (Å²) in [5.41, 5.74) is 3.35. The molecule has 1 aromatic carbocycles. The Hall–Kier alpha value is -1.68. The summed E-state index contributed by atoms with van der Waals surface area (Å²) >= 11 is 0. The van der Waals surface area contributed by atoms with Gasteiger partial charge in [0.25, 0.3) is 0 Å². The number of Topliss-reactive ketones (excluding diaryl/α,β-unsaturated/α-hetero) is 1. The molecule has 3 atom stereocenters. The second-order valence-electron chi connectivity index (χ2n) is 6.91. The van der Waals surface area contributed by atoms with Crippen molar-refractivity contribution in [3.8, 4) is 0 Å². The lowest BCUT2D eigenvalue weighted by Gasteiger charge is -2.32. The Labute approximate surface area is 144 Å². The molecule has 132 valence electrons. The van der Waals surface area contributed by atoms with Crippen LogP contribution in [0.25, 0.3) is 0 Å². The normalized spacial score (nSPS) is 26.4. The molecule has 1 aliphatic rings. The van der Waals surface area contributed by atoms with Gasteiger partial charge in [-0.05, 0) is 64.2 Å². The number of aryl methyl sites for hydroxylation is 3. The highest BCUT2D eigenvalue weighted by Crippen LogP contribution is 2.53. The maximum atomic E-state index is 12.8.